The highest BCUT2D eigenvalue weighted by Gasteiger charge is 2.01. The number of ether oxygens (including phenoxy) is 2. The van der Waals surface area contributed by atoms with Gasteiger partial charge in [0.25, 0.3) is 0 Å². The van der Waals surface area contributed by atoms with E-state index in [-0.39, 0.29) is 5.78 Å². The number of hydrogen-bond acceptors (Lipinski definition) is 4. The molecule has 1 fully saturated rings. The number of Topliss-reactive ketones (excluding diaryl/α,β-unsaturated/α-hetero) is 1. The fourth-order valence-electron chi connectivity index (χ4n) is 2.29. The third-order valence-electron chi connectivity index (χ3n) is 3.59. The molecule has 4 heteroatoms. The molecule has 0 radical (unpaired) electrons. The number of carbonyl (C=O) groups excluding carboxylic acids is 1. The fourth-order valence-corrected chi connectivity index (χ4v) is 2.29. The number of ketones is 1. The summed E-state index contributed by atoms with van der Waals surface area (Å²) in [7, 11) is 0. The van der Waals surface area contributed by atoms with Crippen LogP contribution in [0.4, 0.5) is 0 Å². The van der Waals surface area contributed by atoms with Crippen LogP contribution in [-0.4, -0.2) is 25.5 Å². The first-order valence-corrected chi connectivity index (χ1v) is 8.41. The minimum Gasteiger partial charge on any atom is -0.494 e. The van der Waals surface area contributed by atoms with E-state index in [4.69, 9.17) is 9.47 Å². The van der Waals surface area contributed by atoms with Crippen molar-refractivity contribution in [3.63, 3.8) is 0 Å². The van der Waals surface area contributed by atoms with E-state index in [1.165, 1.54) is 25.9 Å². The minimum absolute atomic E-state index is 0.0487. The van der Waals surface area contributed by atoms with E-state index in [9.17, 15) is 4.79 Å². The first-order valence-electron chi connectivity index (χ1n) is 8.41. The van der Waals surface area contributed by atoms with Gasteiger partial charge in [0.1, 0.15) is 17.2 Å². The van der Waals surface area contributed by atoms with Gasteiger partial charge in [-0.2, -0.15) is 0 Å². The SMILES string of the molecule is C1CCNC1.CCOc1ccc(Oc2ccc(C(C)=O)cc2)cc1. The van der Waals surface area contributed by atoms with E-state index < -0.39 is 0 Å². The highest BCUT2D eigenvalue weighted by atomic mass is 16.5. The molecular formula is C20H25NO3. The Morgan fingerprint density at radius 2 is 1.42 bits per heavy atom. The zero-order chi connectivity index (χ0) is 17.2. The number of nitrogens with one attached hydrogen (secondary N) is 1. The molecule has 4 nitrogen and oxygen atoms in total. The van der Waals surface area contributed by atoms with E-state index in [0.29, 0.717) is 17.9 Å². The molecule has 1 heterocycles. The fraction of sp³-hybridized carbons (Fsp3) is 0.350. The van der Waals surface area contributed by atoms with Crippen molar-refractivity contribution < 1.29 is 14.3 Å². The van der Waals surface area contributed by atoms with Crippen molar-refractivity contribution in [3.05, 3.63) is 54.1 Å². The Labute approximate surface area is 143 Å². The van der Waals surface area contributed by atoms with E-state index in [1.807, 2.05) is 31.2 Å². The molecule has 1 aliphatic heterocycles. The van der Waals surface area contributed by atoms with Crippen molar-refractivity contribution in [2.24, 2.45) is 0 Å². The van der Waals surface area contributed by atoms with Gasteiger partial charge < -0.3 is 14.8 Å². The maximum Gasteiger partial charge on any atom is 0.159 e. The molecule has 24 heavy (non-hydrogen) atoms. The Morgan fingerprint density at radius 1 is 0.917 bits per heavy atom. The van der Waals surface area contributed by atoms with Crippen LogP contribution in [0.1, 0.15) is 37.0 Å². The van der Waals surface area contributed by atoms with Crippen LogP contribution in [0.5, 0.6) is 17.2 Å². The second-order valence-electron chi connectivity index (χ2n) is 5.54. The zero-order valence-corrected chi connectivity index (χ0v) is 14.4. The Bertz CT molecular complexity index is 609. The predicted octanol–water partition coefficient (Wildman–Crippen LogP) is 4.45. The molecule has 2 aromatic carbocycles. The summed E-state index contributed by atoms with van der Waals surface area (Å²) >= 11 is 0. The highest BCUT2D eigenvalue weighted by Crippen LogP contribution is 2.24. The summed E-state index contributed by atoms with van der Waals surface area (Å²) in [6.07, 6.45) is 2.78. The number of benzene rings is 2. The molecule has 0 spiro atoms. The van der Waals surface area contributed by atoms with E-state index in [2.05, 4.69) is 5.32 Å². The van der Waals surface area contributed by atoms with Crippen LogP contribution < -0.4 is 14.8 Å². The van der Waals surface area contributed by atoms with Crippen LogP contribution in [0.3, 0.4) is 0 Å². The molecule has 2 aromatic rings. The van der Waals surface area contributed by atoms with Crippen molar-refractivity contribution in [3.8, 4) is 17.2 Å². The Hall–Kier alpha value is -2.33. The molecule has 1 saturated heterocycles. The summed E-state index contributed by atoms with van der Waals surface area (Å²) < 4.78 is 11.0. The monoisotopic (exact) mass is 327 g/mol. The number of rotatable bonds is 5. The van der Waals surface area contributed by atoms with E-state index in [1.54, 1.807) is 31.2 Å². The molecule has 0 unspecified atom stereocenters. The maximum atomic E-state index is 11.2. The average molecular weight is 327 g/mol. The maximum absolute atomic E-state index is 11.2. The lowest BCUT2D eigenvalue weighted by atomic mass is 10.1. The van der Waals surface area contributed by atoms with Crippen molar-refractivity contribution in [1.82, 2.24) is 5.32 Å². The van der Waals surface area contributed by atoms with Gasteiger partial charge in [-0.25, -0.2) is 0 Å². The summed E-state index contributed by atoms with van der Waals surface area (Å²) in [6, 6.07) is 14.5. The predicted molar refractivity (Wildman–Crippen MR) is 96.2 cm³/mol. The smallest absolute Gasteiger partial charge is 0.159 e. The zero-order valence-electron chi connectivity index (χ0n) is 14.4. The average Bonchev–Trinajstić information content (AvgIpc) is 3.17. The first kappa shape index (κ1) is 18.0. The Kier molecular flexibility index (Phi) is 7.30. The molecular weight excluding hydrogens is 302 g/mol. The second kappa shape index (κ2) is 9.73. The molecule has 1 N–H and O–H groups in total. The van der Waals surface area contributed by atoms with Crippen LogP contribution in [0.2, 0.25) is 0 Å². The molecule has 0 atom stereocenters. The van der Waals surface area contributed by atoms with Crippen LogP contribution in [0.15, 0.2) is 48.5 Å². The van der Waals surface area contributed by atoms with Crippen LogP contribution >= 0.6 is 0 Å². The molecule has 0 aliphatic carbocycles. The molecule has 0 aromatic heterocycles. The molecule has 3 rings (SSSR count). The molecule has 1 aliphatic rings. The summed E-state index contributed by atoms with van der Waals surface area (Å²) in [6.45, 7) is 6.63. The standard InChI is InChI=1S/C16H16O3.C4H9N/c1-3-18-14-8-10-16(11-9-14)19-15-6-4-13(5-7-15)12(2)17;1-2-4-5-3-1/h4-11H,3H2,1-2H3;5H,1-4H2. The minimum atomic E-state index is 0.0487. The quantitative estimate of drug-likeness (QED) is 0.824. The van der Waals surface area contributed by atoms with Crippen LogP contribution in [-0.2, 0) is 0 Å². The van der Waals surface area contributed by atoms with Crippen molar-refractivity contribution >= 4 is 5.78 Å². The van der Waals surface area contributed by atoms with E-state index in [0.717, 1.165) is 11.5 Å². The lowest BCUT2D eigenvalue weighted by molar-refractivity contribution is 0.101. The van der Waals surface area contributed by atoms with Gasteiger partial charge in [0.05, 0.1) is 6.61 Å². The Morgan fingerprint density at radius 3 is 1.83 bits per heavy atom. The summed E-state index contributed by atoms with van der Waals surface area (Å²) in [5.74, 6) is 2.31. The summed E-state index contributed by atoms with van der Waals surface area (Å²) in [5.41, 5.74) is 0.680. The summed E-state index contributed by atoms with van der Waals surface area (Å²) in [4.78, 5) is 11.2. The van der Waals surface area contributed by atoms with Gasteiger partial charge in [-0.3, -0.25) is 4.79 Å². The van der Waals surface area contributed by atoms with Gasteiger partial charge in [-0.05, 0) is 88.3 Å². The third-order valence-corrected chi connectivity index (χ3v) is 3.59. The van der Waals surface area contributed by atoms with Gasteiger partial charge in [0.2, 0.25) is 0 Å². The lowest BCUT2D eigenvalue weighted by Gasteiger charge is -2.07. The molecule has 0 bridgehead atoms. The molecule has 0 saturated carbocycles. The lowest BCUT2D eigenvalue weighted by Crippen LogP contribution is -2.03. The van der Waals surface area contributed by atoms with Crippen LogP contribution in [0.25, 0.3) is 0 Å². The van der Waals surface area contributed by atoms with Gasteiger partial charge in [-0.15, -0.1) is 0 Å². The van der Waals surface area contributed by atoms with Crippen LogP contribution in [0, 0.1) is 0 Å². The molecule has 0 amide bonds. The van der Waals surface area contributed by atoms with Gasteiger partial charge in [0.15, 0.2) is 5.78 Å². The highest BCUT2D eigenvalue weighted by molar-refractivity contribution is 5.94. The largest absolute Gasteiger partial charge is 0.494 e. The number of hydrogen-bond donors (Lipinski definition) is 1. The topological polar surface area (TPSA) is 47.6 Å². The number of carbonyl (C=O) groups is 1. The summed E-state index contributed by atoms with van der Waals surface area (Å²) in [5, 5.41) is 3.22. The normalized spacial score (nSPS) is 12.9. The van der Waals surface area contributed by atoms with Gasteiger partial charge >= 0.3 is 0 Å². The van der Waals surface area contributed by atoms with Gasteiger partial charge in [0, 0.05) is 5.56 Å². The van der Waals surface area contributed by atoms with Crippen molar-refractivity contribution in [1.29, 1.82) is 0 Å². The van der Waals surface area contributed by atoms with E-state index >= 15 is 0 Å². The van der Waals surface area contributed by atoms with Gasteiger partial charge in [-0.1, -0.05) is 0 Å². The molecule has 128 valence electrons. The first-order chi connectivity index (χ1) is 11.7. The second-order valence-corrected chi connectivity index (χ2v) is 5.54. The van der Waals surface area contributed by atoms with Crippen molar-refractivity contribution in [2.45, 2.75) is 26.7 Å². The van der Waals surface area contributed by atoms with Crippen molar-refractivity contribution in [2.75, 3.05) is 19.7 Å². The Balaban J connectivity index is 0.000000355. The third kappa shape index (κ3) is 6.05.